The summed E-state index contributed by atoms with van der Waals surface area (Å²) in [6, 6.07) is 5.50. The number of rotatable bonds is 5. The molecule has 1 unspecified atom stereocenters. The van der Waals surface area contributed by atoms with Crippen LogP contribution in [0.1, 0.15) is 26.2 Å². The molecule has 4 nitrogen and oxygen atoms in total. The summed E-state index contributed by atoms with van der Waals surface area (Å²) >= 11 is 0. The van der Waals surface area contributed by atoms with E-state index in [0.29, 0.717) is 24.7 Å². The van der Waals surface area contributed by atoms with E-state index in [9.17, 15) is 0 Å². The Morgan fingerprint density at radius 1 is 1.33 bits per heavy atom. The zero-order valence-electron chi connectivity index (χ0n) is 10.9. The highest BCUT2D eigenvalue weighted by atomic mass is 16.5. The van der Waals surface area contributed by atoms with Crippen molar-refractivity contribution in [3.05, 3.63) is 18.2 Å². The van der Waals surface area contributed by atoms with Crippen molar-refractivity contribution in [2.24, 2.45) is 0 Å². The fourth-order valence-corrected chi connectivity index (χ4v) is 2.01. The van der Waals surface area contributed by atoms with Crippen molar-refractivity contribution in [3.8, 4) is 11.5 Å². The van der Waals surface area contributed by atoms with Gasteiger partial charge in [-0.3, -0.25) is 0 Å². The number of hydrogen-bond acceptors (Lipinski definition) is 4. The highest BCUT2D eigenvalue weighted by Crippen LogP contribution is 2.27. The first kappa shape index (κ1) is 13.0. The smallest absolute Gasteiger partial charge is 0.145 e. The topological polar surface area (TPSA) is 53.7 Å². The molecule has 0 saturated carbocycles. The SMILES string of the molecule is CCOc1cc(OCC2CCCCO2)ccc1N. The summed E-state index contributed by atoms with van der Waals surface area (Å²) in [5.74, 6) is 1.46. The summed E-state index contributed by atoms with van der Waals surface area (Å²) in [5.41, 5.74) is 6.45. The standard InChI is InChI=1S/C14H21NO3/c1-2-16-14-9-11(6-7-13(14)15)18-10-12-5-3-4-8-17-12/h6-7,9,12H,2-5,8,10,15H2,1H3. The zero-order chi connectivity index (χ0) is 12.8. The van der Waals surface area contributed by atoms with Crippen molar-refractivity contribution in [3.63, 3.8) is 0 Å². The van der Waals surface area contributed by atoms with Crippen molar-refractivity contribution >= 4 is 5.69 Å². The van der Waals surface area contributed by atoms with Gasteiger partial charge in [0.15, 0.2) is 0 Å². The van der Waals surface area contributed by atoms with E-state index in [4.69, 9.17) is 19.9 Å². The molecule has 0 aliphatic carbocycles. The Labute approximate surface area is 108 Å². The number of hydrogen-bond donors (Lipinski definition) is 1. The Kier molecular flexibility index (Phi) is 4.70. The summed E-state index contributed by atoms with van der Waals surface area (Å²) in [6.45, 7) is 3.97. The molecular weight excluding hydrogens is 230 g/mol. The second-order valence-corrected chi connectivity index (χ2v) is 4.43. The van der Waals surface area contributed by atoms with Gasteiger partial charge in [0, 0.05) is 12.7 Å². The second kappa shape index (κ2) is 6.50. The molecule has 2 rings (SSSR count). The highest BCUT2D eigenvalue weighted by molar-refractivity contribution is 5.55. The second-order valence-electron chi connectivity index (χ2n) is 4.43. The van der Waals surface area contributed by atoms with Crippen molar-refractivity contribution in [2.45, 2.75) is 32.3 Å². The van der Waals surface area contributed by atoms with Crippen LogP contribution in [-0.2, 0) is 4.74 Å². The molecule has 1 heterocycles. The maximum Gasteiger partial charge on any atom is 0.145 e. The van der Waals surface area contributed by atoms with Crippen LogP contribution in [0.5, 0.6) is 11.5 Å². The van der Waals surface area contributed by atoms with Gasteiger partial charge < -0.3 is 19.9 Å². The Bertz CT molecular complexity index is 375. The van der Waals surface area contributed by atoms with Crippen LogP contribution in [0.4, 0.5) is 5.69 Å². The number of nitrogens with two attached hydrogens (primary N) is 1. The molecule has 1 fully saturated rings. The van der Waals surface area contributed by atoms with Crippen LogP contribution in [0.3, 0.4) is 0 Å². The molecule has 1 saturated heterocycles. The fraction of sp³-hybridized carbons (Fsp3) is 0.571. The lowest BCUT2D eigenvalue weighted by molar-refractivity contribution is -0.0111. The third kappa shape index (κ3) is 3.53. The van der Waals surface area contributed by atoms with E-state index in [1.165, 1.54) is 6.42 Å². The quantitative estimate of drug-likeness (QED) is 0.817. The van der Waals surface area contributed by atoms with E-state index in [-0.39, 0.29) is 6.10 Å². The van der Waals surface area contributed by atoms with Gasteiger partial charge in [0.2, 0.25) is 0 Å². The molecule has 100 valence electrons. The first-order chi connectivity index (χ1) is 8.79. The van der Waals surface area contributed by atoms with Crippen LogP contribution < -0.4 is 15.2 Å². The predicted octanol–water partition coefficient (Wildman–Crippen LogP) is 2.62. The van der Waals surface area contributed by atoms with Crippen LogP contribution >= 0.6 is 0 Å². The minimum absolute atomic E-state index is 0.215. The van der Waals surface area contributed by atoms with Gasteiger partial charge in [0.25, 0.3) is 0 Å². The summed E-state index contributed by atoms with van der Waals surface area (Å²) < 4.78 is 16.8. The summed E-state index contributed by atoms with van der Waals surface area (Å²) in [5, 5.41) is 0. The third-order valence-electron chi connectivity index (χ3n) is 2.99. The fourth-order valence-electron chi connectivity index (χ4n) is 2.01. The number of nitrogen functional groups attached to an aromatic ring is 1. The molecule has 18 heavy (non-hydrogen) atoms. The average molecular weight is 251 g/mol. The van der Waals surface area contributed by atoms with Gasteiger partial charge >= 0.3 is 0 Å². The van der Waals surface area contributed by atoms with E-state index in [1.807, 2.05) is 25.1 Å². The van der Waals surface area contributed by atoms with Gasteiger partial charge in [-0.1, -0.05) is 0 Å². The van der Waals surface area contributed by atoms with Crippen LogP contribution in [-0.4, -0.2) is 25.9 Å². The van der Waals surface area contributed by atoms with E-state index >= 15 is 0 Å². The highest BCUT2D eigenvalue weighted by Gasteiger charge is 2.14. The Hall–Kier alpha value is -1.42. The maximum absolute atomic E-state index is 5.81. The molecule has 0 radical (unpaired) electrons. The molecule has 0 bridgehead atoms. The lowest BCUT2D eigenvalue weighted by Gasteiger charge is -2.22. The van der Waals surface area contributed by atoms with Crippen LogP contribution in [0, 0.1) is 0 Å². The van der Waals surface area contributed by atoms with Crippen molar-refractivity contribution in [1.29, 1.82) is 0 Å². The molecule has 2 N–H and O–H groups in total. The van der Waals surface area contributed by atoms with Crippen LogP contribution in [0.25, 0.3) is 0 Å². The van der Waals surface area contributed by atoms with E-state index in [0.717, 1.165) is 25.2 Å². The van der Waals surface area contributed by atoms with E-state index < -0.39 is 0 Å². The molecule has 1 atom stereocenters. The monoisotopic (exact) mass is 251 g/mol. The summed E-state index contributed by atoms with van der Waals surface area (Å²) in [6.07, 6.45) is 3.67. The first-order valence-corrected chi connectivity index (χ1v) is 6.56. The molecule has 0 aromatic heterocycles. The Morgan fingerprint density at radius 2 is 2.22 bits per heavy atom. The van der Waals surface area contributed by atoms with Gasteiger partial charge in [0.1, 0.15) is 18.1 Å². The average Bonchev–Trinajstić information content (AvgIpc) is 2.41. The molecular formula is C14H21NO3. The van der Waals surface area contributed by atoms with Crippen molar-refractivity contribution < 1.29 is 14.2 Å². The largest absolute Gasteiger partial charge is 0.492 e. The molecule has 4 heteroatoms. The zero-order valence-corrected chi connectivity index (χ0v) is 10.9. The maximum atomic E-state index is 5.81. The summed E-state index contributed by atoms with van der Waals surface area (Å²) in [7, 11) is 0. The summed E-state index contributed by atoms with van der Waals surface area (Å²) in [4.78, 5) is 0. The minimum atomic E-state index is 0.215. The molecule has 1 aliphatic heterocycles. The van der Waals surface area contributed by atoms with Gasteiger partial charge in [-0.2, -0.15) is 0 Å². The first-order valence-electron chi connectivity index (χ1n) is 6.56. The Balaban J connectivity index is 1.90. The van der Waals surface area contributed by atoms with Crippen molar-refractivity contribution in [2.75, 3.05) is 25.6 Å². The normalized spacial score (nSPS) is 19.5. The van der Waals surface area contributed by atoms with Gasteiger partial charge in [0.05, 0.1) is 18.4 Å². The predicted molar refractivity (Wildman–Crippen MR) is 71.1 cm³/mol. The van der Waals surface area contributed by atoms with Gasteiger partial charge in [-0.15, -0.1) is 0 Å². The molecule has 0 spiro atoms. The van der Waals surface area contributed by atoms with E-state index in [2.05, 4.69) is 0 Å². The molecule has 1 aliphatic rings. The molecule has 1 aromatic rings. The minimum Gasteiger partial charge on any atom is -0.492 e. The number of benzene rings is 1. The molecule has 0 amide bonds. The number of anilines is 1. The molecule has 1 aromatic carbocycles. The third-order valence-corrected chi connectivity index (χ3v) is 2.99. The lowest BCUT2D eigenvalue weighted by atomic mass is 10.1. The van der Waals surface area contributed by atoms with Gasteiger partial charge in [-0.05, 0) is 38.3 Å². The van der Waals surface area contributed by atoms with Crippen molar-refractivity contribution in [1.82, 2.24) is 0 Å². The van der Waals surface area contributed by atoms with E-state index in [1.54, 1.807) is 0 Å². The Morgan fingerprint density at radius 3 is 2.94 bits per heavy atom. The lowest BCUT2D eigenvalue weighted by Crippen LogP contribution is -2.25. The van der Waals surface area contributed by atoms with Crippen LogP contribution in [0.15, 0.2) is 18.2 Å². The van der Waals surface area contributed by atoms with Gasteiger partial charge in [-0.25, -0.2) is 0 Å². The number of ether oxygens (including phenoxy) is 3. The van der Waals surface area contributed by atoms with Crippen LogP contribution in [0.2, 0.25) is 0 Å².